The van der Waals surface area contributed by atoms with Crippen LogP contribution in [0, 0.1) is 20.8 Å². The number of nitrogens with one attached hydrogen (secondary N) is 1. The van der Waals surface area contributed by atoms with Crippen molar-refractivity contribution in [3.8, 4) is 0 Å². The minimum absolute atomic E-state index is 0.359. The van der Waals surface area contributed by atoms with E-state index in [9.17, 15) is 0 Å². The first-order valence-corrected chi connectivity index (χ1v) is 9.09. The van der Waals surface area contributed by atoms with E-state index >= 15 is 0 Å². The summed E-state index contributed by atoms with van der Waals surface area (Å²) in [4.78, 5) is 4.43. The Labute approximate surface area is 135 Å². The molecule has 1 atom stereocenters. The Morgan fingerprint density at radius 3 is 2.48 bits per heavy atom. The fraction of sp³-hybridized carbons (Fsp3) is 0.500. The molecule has 1 aromatic heterocycles. The molecule has 0 saturated carbocycles. The highest BCUT2D eigenvalue weighted by Gasteiger charge is 2.13. The summed E-state index contributed by atoms with van der Waals surface area (Å²) in [5.74, 6) is 1.85. The van der Waals surface area contributed by atoms with Crippen LogP contribution >= 0.6 is 23.3 Å². The molecule has 2 rings (SSSR count). The van der Waals surface area contributed by atoms with Gasteiger partial charge in [0.2, 0.25) is 0 Å². The maximum Gasteiger partial charge on any atom is 0.170 e. The number of rotatable bonds is 7. The van der Waals surface area contributed by atoms with E-state index in [4.69, 9.17) is 0 Å². The van der Waals surface area contributed by atoms with Crippen LogP contribution in [-0.2, 0) is 0 Å². The fourth-order valence-electron chi connectivity index (χ4n) is 2.29. The number of hydrogen-bond acceptors (Lipinski definition) is 5. The molecule has 2 aromatic rings. The molecule has 0 aliphatic carbocycles. The van der Waals surface area contributed by atoms with Crippen LogP contribution < -0.4 is 5.32 Å². The molecule has 114 valence electrons. The van der Waals surface area contributed by atoms with Gasteiger partial charge < -0.3 is 5.32 Å². The minimum Gasteiger partial charge on any atom is -0.309 e. The lowest BCUT2D eigenvalue weighted by Gasteiger charge is -2.19. The third kappa shape index (κ3) is 5.09. The van der Waals surface area contributed by atoms with Crippen molar-refractivity contribution in [2.75, 3.05) is 12.3 Å². The van der Waals surface area contributed by atoms with E-state index in [2.05, 4.69) is 53.6 Å². The smallest absolute Gasteiger partial charge is 0.170 e. The summed E-state index contributed by atoms with van der Waals surface area (Å²) in [6.45, 7) is 9.50. The Bertz CT molecular complexity index is 560. The molecular weight excluding hydrogens is 298 g/mol. The molecule has 1 heterocycles. The standard InChI is InChI=1S/C16H23N3S2/c1-5-6-17-15(10-20-16-18-13(4)19-21-16)14-8-11(2)7-12(3)9-14/h7-9,15,17H,5-6,10H2,1-4H3. The topological polar surface area (TPSA) is 37.8 Å². The number of benzene rings is 1. The highest BCUT2D eigenvalue weighted by molar-refractivity contribution is 8.00. The summed E-state index contributed by atoms with van der Waals surface area (Å²) in [7, 11) is 0. The molecule has 0 bridgehead atoms. The number of thioether (sulfide) groups is 1. The predicted molar refractivity (Wildman–Crippen MR) is 92.3 cm³/mol. The summed E-state index contributed by atoms with van der Waals surface area (Å²) in [6.07, 6.45) is 1.14. The largest absolute Gasteiger partial charge is 0.309 e. The van der Waals surface area contributed by atoms with Crippen molar-refractivity contribution in [3.63, 3.8) is 0 Å². The van der Waals surface area contributed by atoms with Gasteiger partial charge in [0, 0.05) is 11.8 Å². The quantitative estimate of drug-likeness (QED) is 0.772. The molecule has 0 amide bonds. The lowest BCUT2D eigenvalue weighted by atomic mass is 10.0. The van der Waals surface area contributed by atoms with Crippen LogP contribution in [0.15, 0.2) is 22.5 Å². The van der Waals surface area contributed by atoms with Crippen molar-refractivity contribution in [3.05, 3.63) is 40.7 Å². The Kier molecular flexibility index (Phi) is 6.21. The second-order valence-electron chi connectivity index (χ2n) is 5.35. The molecule has 0 aliphatic rings. The van der Waals surface area contributed by atoms with Crippen molar-refractivity contribution in [2.45, 2.75) is 44.5 Å². The SMILES string of the molecule is CCCNC(CSc1nc(C)ns1)c1cc(C)cc(C)c1. The van der Waals surface area contributed by atoms with Gasteiger partial charge in [-0.25, -0.2) is 4.98 Å². The first-order valence-electron chi connectivity index (χ1n) is 7.33. The highest BCUT2D eigenvalue weighted by Crippen LogP contribution is 2.27. The Morgan fingerprint density at radius 2 is 1.90 bits per heavy atom. The van der Waals surface area contributed by atoms with E-state index in [1.54, 1.807) is 11.8 Å². The van der Waals surface area contributed by atoms with Gasteiger partial charge in [-0.2, -0.15) is 4.37 Å². The van der Waals surface area contributed by atoms with Crippen molar-refractivity contribution >= 4 is 23.3 Å². The molecule has 0 radical (unpaired) electrons. The van der Waals surface area contributed by atoms with Gasteiger partial charge in [0.1, 0.15) is 5.82 Å². The molecule has 5 heteroatoms. The summed E-state index contributed by atoms with van der Waals surface area (Å²) in [6, 6.07) is 7.15. The van der Waals surface area contributed by atoms with Crippen LogP contribution in [0.1, 0.15) is 41.9 Å². The zero-order valence-corrected chi connectivity index (χ0v) is 14.8. The summed E-state index contributed by atoms with van der Waals surface area (Å²) >= 11 is 3.28. The lowest BCUT2D eigenvalue weighted by Crippen LogP contribution is -2.24. The third-order valence-electron chi connectivity index (χ3n) is 3.17. The second kappa shape index (κ2) is 7.92. The Balaban J connectivity index is 2.09. The normalized spacial score (nSPS) is 12.6. The van der Waals surface area contributed by atoms with Crippen LogP contribution in [0.25, 0.3) is 0 Å². The van der Waals surface area contributed by atoms with Crippen molar-refractivity contribution in [1.82, 2.24) is 14.7 Å². The molecule has 1 aromatic carbocycles. The summed E-state index contributed by atoms with van der Waals surface area (Å²) in [5, 5.41) is 3.65. The first-order chi connectivity index (χ1) is 10.1. The van der Waals surface area contributed by atoms with Gasteiger partial charge >= 0.3 is 0 Å². The van der Waals surface area contributed by atoms with Crippen molar-refractivity contribution < 1.29 is 0 Å². The van der Waals surface area contributed by atoms with E-state index in [0.29, 0.717) is 6.04 Å². The maximum atomic E-state index is 4.43. The molecule has 0 aliphatic heterocycles. The van der Waals surface area contributed by atoms with E-state index in [-0.39, 0.29) is 0 Å². The van der Waals surface area contributed by atoms with Crippen molar-refractivity contribution in [2.24, 2.45) is 0 Å². The highest BCUT2D eigenvalue weighted by atomic mass is 32.2. The molecule has 1 N–H and O–H groups in total. The zero-order valence-electron chi connectivity index (χ0n) is 13.1. The maximum absolute atomic E-state index is 4.43. The molecule has 0 saturated heterocycles. The third-order valence-corrected chi connectivity index (χ3v) is 5.19. The van der Waals surface area contributed by atoms with Crippen LogP contribution in [-0.4, -0.2) is 21.7 Å². The molecule has 1 unspecified atom stereocenters. The van der Waals surface area contributed by atoms with Gasteiger partial charge in [-0.05, 0) is 50.8 Å². The van der Waals surface area contributed by atoms with Crippen molar-refractivity contribution in [1.29, 1.82) is 0 Å². The number of hydrogen-bond donors (Lipinski definition) is 1. The van der Waals surface area contributed by atoms with Gasteiger partial charge in [0.05, 0.1) is 0 Å². The van der Waals surface area contributed by atoms with Gasteiger partial charge in [-0.3, -0.25) is 0 Å². The van der Waals surface area contributed by atoms with E-state index in [1.165, 1.54) is 28.2 Å². The van der Waals surface area contributed by atoms with Gasteiger partial charge in [0.15, 0.2) is 4.34 Å². The van der Waals surface area contributed by atoms with Crippen LogP contribution in [0.5, 0.6) is 0 Å². The zero-order chi connectivity index (χ0) is 15.2. The Hall–Kier alpha value is -0.910. The molecule has 0 fully saturated rings. The Morgan fingerprint density at radius 1 is 1.19 bits per heavy atom. The number of aromatic nitrogens is 2. The lowest BCUT2D eigenvalue weighted by molar-refractivity contribution is 0.577. The summed E-state index contributed by atoms with van der Waals surface area (Å²) in [5.41, 5.74) is 4.02. The molecular formula is C16H23N3S2. The van der Waals surface area contributed by atoms with E-state index < -0.39 is 0 Å². The number of aryl methyl sites for hydroxylation is 3. The monoisotopic (exact) mass is 321 g/mol. The van der Waals surface area contributed by atoms with Gasteiger partial charge in [-0.1, -0.05) is 48.0 Å². The second-order valence-corrected chi connectivity index (χ2v) is 7.37. The summed E-state index contributed by atoms with van der Waals surface area (Å²) < 4.78 is 5.30. The average molecular weight is 322 g/mol. The fourth-order valence-corrected chi connectivity index (χ4v) is 4.06. The average Bonchev–Trinajstić information content (AvgIpc) is 2.83. The van der Waals surface area contributed by atoms with Gasteiger partial charge in [-0.15, -0.1) is 0 Å². The van der Waals surface area contributed by atoms with Crippen LogP contribution in [0.2, 0.25) is 0 Å². The predicted octanol–water partition coefficient (Wildman–Crippen LogP) is 4.30. The van der Waals surface area contributed by atoms with Crippen LogP contribution in [0.3, 0.4) is 0 Å². The molecule has 3 nitrogen and oxygen atoms in total. The van der Waals surface area contributed by atoms with E-state index in [0.717, 1.165) is 28.9 Å². The number of nitrogens with zero attached hydrogens (tertiary/aromatic N) is 2. The molecule has 21 heavy (non-hydrogen) atoms. The van der Waals surface area contributed by atoms with Gasteiger partial charge in [0.25, 0.3) is 0 Å². The minimum atomic E-state index is 0.359. The molecule has 0 spiro atoms. The van der Waals surface area contributed by atoms with E-state index in [1.807, 2.05) is 6.92 Å². The first kappa shape index (κ1) is 16.5. The van der Waals surface area contributed by atoms with Crippen LogP contribution in [0.4, 0.5) is 0 Å².